The lowest BCUT2D eigenvalue weighted by molar-refractivity contribution is -0.138. The van der Waals surface area contributed by atoms with Crippen molar-refractivity contribution in [3.05, 3.63) is 0 Å². The van der Waals surface area contributed by atoms with Crippen LogP contribution in [-0.4, -0.2) is 23.9 Å². The molecule has 0 bridgehead atoms. The maximum absolute atomic E-state index is 11.9. The Hall–Kier alpha value is -0.530. The minimum absolute atomic E-state index is 0.218. The van der Waals surface area contributed by atoms with E-state index in [2.05, 4.69) is 13.8 Å². The molecule has 0 aromatic carbocycles. The molecule has 0 saturated carbocycles. The van der Waals surface area contributed by atoms with Gasteiger partial charge < -0.3 is 4.90 Å². The van der Waals surface area contributed by atoms with E-state index in [1.807, 2.05) is 25.7 Å². The maximum Gasteiger partial charge on any atom is 0.227 e. The summed E-state index contributed by atoms with van der Waals surface area (Å²) in [6, 6.07) is 0. The van der Waals surface area contributed by atoms with Gasteiger partial charge in [0.1, 0.15) is 0 Å². The van der Waals surface area contributed by atoms with Gasteiger partial charge in [-0.1, -0.05) is 34.6 Å². The Kier molecular flexibility index (Phi) is 2.69. The van der Waals surface area contributed by atoms with Crippen LogP contribution in [0.4, 0.5) is 0 Å². The average molecular weight is 183 g/mol. The summed E-state index contributed by atoms with van der Waals surface area (Å²) >= 11 is 0. The van der Waals surface area contributed by atoms with E-state index in [1.165, 1.54) is 0 Å². The van der Waals surface area contributed by atoms with Gasteiger partial charge in [0.2, 0.25) is 5.91 Å². The molecule has 0 aromatic rings. The van der Waals surface area contributed by atoms with Gasteiger partial charge in [0.15, 0.2) is 0 Å². The van der Waals surface area contributed by atoms with Gasteiger partial charge in [0, 0.05) is 18.5 Å². The third kappa shape index (κ3) is 2.23. The number of carbonyl (C=O) groups is 1. The standard InChI is InChI=1S/C11H21NO/c1-8-6-12(7-9(8)2)10(13)11(3,4)5/h8-9H,6-7H2,1-5H3. The van der Waals surface area contributed by atoms with Crippen molar-refractivity contribution in [3.8, 4) is 0 Å². The molecule has 0 N–H and O–H groups in total. The molecule has 0 aliphatic carbocycles. The van der Waals surface area contributed by atoms with Crippen LogP contribution in [0.2, 0.25) is 0 Å². The first-order valence-corrected chi connectivity index (χ1v) is 5.11. The molecule has 1 aliphatic rings. The van der Waals surface area contributed by atoms with Crippen LogP contribution in [-0.2, 0) is 4.79 Å². The summed E-state index contributed by atoms with van der Waals surface area (Å²) in [5, 5.41) is 0. The molecule has 13 heavy (non-hydrogen) atoms. The van der Waals surface area contributed by atoms with E-state index in [-0.39, 0.29) is 5.41 Å². The van der Waals surface area contributed by atoms with Crippen molar-refractivity contribution in [2.45, 2.75) is 34.6 Å². The predicted molar refractivity (Wildman–Crippen MR) is 54.4 cm³/mol. The van der Waals surface area contributed by atoms with Crippen molar-refractivity contribution in [3.63, 3.8) is 0 Å². The van der Waals surface area contributed by atoms with Crippen LogP contribution in [0.25, 0.3) is 0 Å². The van der Waals surface area contributed by atoms with Gasteiger partial charge in [-0.3, -0.25) is 4.79 Å². The molecule has 0 radical (unpaired) electrons. The van der Waals surface area contributed by atoms with Crippen molar-refractivity contribution in [2.24, 2.45) is 17.3 Å². The van der Waals surface area contributed by atoms with Crippen molar-refractivity contribution >= 4 is 5.91 Å². The topological polar surface area (TPSA) is 20.3 Å². The second-order valence-electron chi connectivity index (χ2n) is 5.41. The molecule has 2 heteroatoms. The first kappa shape index (κ1) is 10.6. The number of hydrogen-bond acceptors (Lipinski definition) is 1. The largest absolute Gasteiger partial charge is 0.342 e. The molecule has 76 valence electrons. The summed E-state index contributed by atoms with van der Waals surface area (Å²) in [5.74, 6) is 1.61. The fourth-order valence-corrected chi connectivity index (χ4v) is 1.77. The highest BCUT2D eigenvalue weighted by Gasteiger charge is 2.34. The number of rotatable bonds is 0. The van der Waals surface area contributed by atoms with E-state index in [9.17, 15) is 4.79 Å². The second kappa shape index (κ2) is 3.32. The Balaban J connectivity index is 2.61. The zero-order valence-electron chi connectivity index (χ0n) is 9.42. The Morgan fingerprint density at radius 1 is 1.15 bits per heavy atom. The molecule has 0 spiro atoms. The van der Waals surface area contributed by atoms with Gasteiger partial charge in [-0.25, -0.2) is 0 Å². The molecule has 0 aromatic heterocycles. The predicted octanol–water partition coefficient (Wildman–Crippen LogP) is 2.15. The highest BCUT2D eigenvalue weighted by molar-refractivity contribution is 5.81. The molecular weight excluding hydrogens is 162 g/mol. The van der Waals surface area contributed by atoms with Crippen molar-refractivity contribution < 1.29 is 4.79 Å². The van der Waals surface area contributed by atoms with Gasteiger partial charge in [0.05, 0.1) is 0 Å². The maximum atomic E-state index is 11.9. The van der Waals surface area contributed by atoms with Gasteiger partial charge in [-0.05, 0) is 11.8 Å². The van der Waals surface area contributed by atoms with Crippen LogP contribution in [0.5, 0.6) is 0 Å². The Morgan fingerprint density at radius 2 is 1.54 bits per heavy atom. The Bertz CT molecular complexity index is 195. The normalized spacial score (nSPS) is 29.5. The van der Waals surface area contributed by atoms with Crippen LogP contribution < -0.4 is 0 Å². The summed E-state index contributed by atoms with van der Waals surface area (Å²) < 4.78 is 0. The van der Waals surface area contributed by atoms with Crippen molar-refractivity contribution in [1.29, 1.82) is 0 Å². The number of carbonyl (C=O) groups excluding carboxylic acids is 1. The molecule has 2 nitrogen and oxygen atoms in total. The third-order valence-electron chi connectivity index (χ3n) is 2.92. The third-order valence-corrected chi connectivity index (χ3v) is 2.92. The van der Waals surface area contributed by atoms with Crippen molar-refractivity contribution in [1.82, 2.24) is 4.90 Å². The highest BCUT2D eigenvalue weighted by atomic mass is 16.2. The smallest absolute Gasteiger partial charge is 0.227 e. The van der Waals surface area contributed by atoms with Gasteiger partial charge in [-0.15, -0.1) is 0 Å². The first-order valence-electron chi connectivity index (χ1n) is 5.11. The lowest BCUT2D eigenvalue weighted by Gasteiger charge is -2.25. The first-order chi connectivity index (χ1) is 5.82. The molecule has 2 unspecified atom stereocenters. The Morgan fingerprint density at radius 3 is 1.85 bits per heavy atom. The average Bonchev–Trinajstić information content (AvgIpc) is 2.29. The minimum Gasteiger partial charge on any atom is -0.342 e. The molecule has 1 saturated heterocycles. The molecular formula is C11H21NO. The molecule has 1 heterocycles. The van der Waals surface area contributed by atoms with Crippen LogP contribution in [0.1, 0.15) is 34.6 Å². The van der Waals surface area contributed by atoms with Crippen molar-refractivity contribution in [2.75, 3.05) is 13.1 Å². The number of likely N-dealkylation sites (tertiary alicyclic amines) is 1. The van der Waals surface area contributed by atoms with E-state index in [0.717, 1.165) is 13.1 Å². The number of amides is 1. The summed E-state index contributed by atoms with van der Waals surface area (Å²) in [7, 11) is 0. The van der Waals surface area contributed by atoms with E-state index in [0.29, 0.717) is 17.7 Å². The van der Waals surface area contributed by atoms with Gasteiger partial charge in [0.25, 0.3) is 0 Å². The number of hydrogen-bond donors (Lipinski definition) is 0. The molecule has 2 atom stereocenters. The molecule has 1 aliphatic heterocycles. The summed E-state index contributed by atoms with van der Waals surface area (Å²) in [6.07, 6.45) is 0. The second-order valence-corrected chi connectivity index (χ2v) is 5.41. The van der Waals surface area contributed by atoms with E-state index >= 15 is 0 Å². The zero-order valence-corrected chi connectivity index (χ0v) is 9.42. The lowest BCUT2D eigenvalue weighted by atomic mass is 9.95. The summed E-state index contributed by atoms with van der Waals surface area (Å²) in [5.41, 5.74) is -0.218. The van der Waals surface area contributed by atoms with Crippen LogP contribution >= 0.6 is 0 Å². The van der Waals surface area contributed by atoms with Gasteiger partial charge in [-0.2, -0.15) is 0 Å². The highest BCUT2D eigenvalue weighted by Crippen LogP contribution is 2.26. The van der Waals surface area contributed by atoms with E-state index < -0.39 is 0 Å². The van der Waals surface area contributed by atoms with E-state index in [1.54, 1.807) is 0 Å². The van der Waals surface area contributed by atoms with E-state index in [4.69, 9.17) is 0 Å². The molecule has 1 amide bonds. The minimum atomic E-state index is -0.218. The van der Waals surface area contributed by atoms with Crippen LogP contribution in [0.3, 0.4) is 0 Å². The quantitative estimate of drug-likeness (QED) is 0.563. The monoisotopic (exact) mass is 183 g/mol. The summed E-state index contributed by atoms with van der Waals surface area (Å²) in [4.78, 5) is 13.9. The van der Waals surface area contributed by atoms with Crippen LogP contribution in [0, 0.1) is 17.3 Å². The number of nitrogens with zero attached hydrogens (tertiary/aromatic N) is 1. The fourth-order valence-electron chi connectivity index (χ4n) is 1.77. The fraction of sp³-hybridized carbons (Fsp3) is 0.909. The Labute approximate surface area is 81.3 Å². The zero-order chi connectivity index (χ0) is 10.2. The lowest BCUT2D eigenvalue weighted by Crippen LogP contribution is -2.38. The van der Waals surface area contributed by atoms with Crippen LogP contribution in [0.15, 0.2) is 0 Å². The molecule has 1 rings (SSSR count). The van der Waals surface area contributed by atoms with Gasteiger partial charge >= 0.3 is 0 Å². The summed E-state index contributed by atoms with van der Waals surface area (Å²) in [6.45, 7) is 12.3. The SMILES string of the molecule is CC1CN(C(=O)C(C)(C)C)CC1C. The molecule has 1 fully saturated rings.